The molecule has 0 amide bonds. The third-order valence-electron chi connectivity index (χ3n) is 2.76. The van der Waals surface area contributed by atoms with E-state index in [1.165, 1.54) is 45.2 Å². The van der Waals surface area contributed by atoms with Gasteiger partial charge in [0.1, 0.15) is 0 Å². The fourth-order valence-corrected chi connectivity index (χ4v) is 1.90. The molecule has 4 heteroatoms. The van der Waals surface area contributed by atoms with Crippen molar-refractivity contribution in [2.75, 3.05) is 26.2 Å². The van der Waals surface area contributed by atoms with Crippen molar-refractivity contribution in [3.63, 3.8) is 0 Å². The van der Waals surface area contributed by atoms with Crippen LogP contribution in [0.5, 0.6) is 0 Å². The predicted octanol–water partition coefficient (Wildman–Crippen LogP) is 2.86. The lowest BCUT2D eigenvalue weighted by Crippen LogP contribution is -2.39. The van der Waals surface area contributed by atoms with Gasteiger partial charge in [-0.1, -0.05) is 19.8 Å². The largest absolute Gasteiger partial charge is 0.357 e. The molecular formula is C12H26IN3. The molecule has 1 aliphatic rings. The molecule has 0 bridgehead atoms. The lowest BCUT2D eigenvalue weighted by Gasteiger charge is -2.20. The summed E-state index contributed by atoms with van der Waals surface area (Å²) in [6.45, 7) is 8.68. The molecule has 0 aliphatic carbocycles. The highest BCUT2D eigenvalue weighted by Crippen LogP contribution is 2.07. The van der Waals surface area contributed by atoms with Crippen molar-refractivity contribution in [1.29, 1.82) is 0 Å². The van der Waals surface area contributed by atoms with Crippen LogP contribution in [-0.4, -0.2) is 37.0 Å². The number of hydrogen-bond donors (Lipinski definition) is 1. The van der Waals surface area contributed by atoms with Crippen molar-refractivity contribution in [2.24, 2.45) is 4.99 Å². The fraction of sp³-hybridized carbons (Fsp3) is 0.917. The summed E-state index contributed by atoms with van der Waals surface area (Å²) >= 11 is 0. The van der Waals surface area contributed by atoms with Crippen molar-refractivity contribution in [2.45, 2.75) is 46.0 Å². The average molecular weight is 339 g/mol. The smallest absolute Gasteiger partial charge is 0.193 e. The first-order chi connectivity index (χ1) is 7.38. The SMILES string of the molecule is CCCCCN=C(NCC)N1CCCC1.I. The first-order valence-corrected chi connectivity index (χ1v) is 6.41. The lowest BCUT2D eigenvalue weighted by molar-refractivity contribution is 0.493. The molecule has 0 radical (unpaired) electrons. The first-order valence-electron chi connectivity index (χ1n) is 6.41. The van der Waals surface area contributed by atoms with Crippen LogP contribution in [0.4, 0.5) is 0 Å². The van der Waals surface area contributed by atoms with E-state index in [1.54, 1.807) is 0 Å². The molecule has 0 aromatic heterocycles. The van der Waals surface area contributed by atoms with Gasteiger partial charge in [-0.3, -0.25) is 4.99 Å². The minimum absolute atomic E-state index is 0. The van der Waals surface area contributed by atoms with Crippen molar-refractivity contribution >= 4 is 29.9 Å². The lowest BCUT2D eigenvalue weighted by atomic mass is 10.2. The Hall–Kier alpha value is 0. The topological polar surface area (TPSA) is 27.6 Å². The molecule has 1 aliphatic heterocycles. The van der Waals surface area contributed by atoms with Crippen molar-refractivity contribution in [3.8, 4) is 0 Å². The van der Waals surface area contributed by atoms with Crippen LogP contribution in [0, 0.1) is 0 Å². The van der Waals surface area contributed by atoms with Crippen LogP contribution in [0.25, 0.3) is 0 Å². The Bertz CT molecular complexity index is 189. The second-order valence-corrected chi connectivity index (χ2v) is 4.14. The van der Waals surface area contributed by atoms with E-state index in [1.807, 2.05) is 0 Å². The summed E-state index contributed by atoms with van der Waals surface area (Å²) in [7, 11) is 0. The fourth-order valence-electron chi connectivity index (χ4n) is 1.90. The van der Waals surface area contributed by atoms with Crippen LogP contribution in [0.1, 0.15) is 46.0 Å². The number of nitrogens with zero attached hydrogens (tertiary/aromatic N) is 2. The summed E-state index contributed by atoms with van der Waals surface area (Å²) in [6, 6.07) is 0. The zero-order valence-electron chi connectivity index (χ0n) is 10.7. The van der Waals surface area contributed by atoms with Crippen LogP contribution in [-0.2, 0) is 0 Å². The van der Waals surface area contributed by atoms with E-state index in [0.29, 0.717) is 0 Å². The Balaban J connectivity index is 0.00000225. The van der Waals surface area contributed by atoms with Crippen LogP contribution < -0.4 is 5.32 Å². The predicted molar refractivity (Wildman–Crippen MR) is 81.7 cm³/mol. The van der Waals surface area contributed by atoms with Gasteiger partial charge < -0.3 is 10.2 Å². The van der Waals surface area contributed by atoms with Crippen LogP contribution in [0.3, 0.4) is 0 Å². The molecule has 0 aromatic rings. The summed E-state index contributed by atoms with van der Waals surface area (Å²) < 4.78 is 0. The minimum atomic E-state index is 0. The van der Waals surface area contributed by atoms with Gasteiger partial charge >= 0.3 is 0 Å². The Morgan fingerprint density at radius 1 is 1.19 bits per heavy atom. The first kappa shape index (κ1) is 16.0. The normalized spacial score (nSPS) is 16.1. The molecule has 0 spiro atoms. The van der Waals surface area contributed by atoms with Gasteiger partial charge in [-0.2, -0.15) is 0 Å². The number of guanidine groups is 1. The summed E-state index contributed by atoms with van der Waals surface area (Å²) in [5.41, 5.74) is 0. The molecule has 3 nitrogen and oxygen atoms in total. The van der Waals surface area contributed by atoms with Crippen molar-refractivity contribution in [3.05, 3.63) is 0 Å². The molecule has 96 valence electrons. The highest BCUT2D eigenvalue weighted by Gasteiger charge is 2.14. The van der Waals surface area contributed by atoms with Gasteiger partial charge in [0, 0.05) is 26.2 Å². The number of aliphatic imine (C=N–C) groups is 1. The Kier molecular flexibility index (Phi) is 10.2. The van der Waals surface area contributed by atoms with Crippen molar-refractivity contribution in [1.82, 2.24) is 10.2 Å². The standard InChI is InChI=1S/C12H25N3.HI/c1-3-5-6-9-14-12(13-4-2)15-10-7-8-11-15;/h3-11H2,1-2H3,(H,13,14);1H. The number of hydrogen-bond acceptors (Lipinski definition) is 1. The summed E-state index contributed by atoms with van der Waals surface area (Å²) in [5, 5.41) is 3.38. The quantitative estimate of drug-likeness (QED) is 0.361. The Labute approximate surface area is 117 Å². The third kappa shape index (κ3) is 5.92. The molecule has 1 saturated heterocycles. The number of rotatable bonds is 5. The summed E-state index contributed by atoms with van der Waals surface area (Å²) in [5.74, 6) is 1.13. The molecular weight excluding hydrogens is 313 g/mol. The highest BCUT2D eigenvalue weighted by atomic mass is 127. The van der Waals surface area contributed by atoms with Gasteiger partial charge in [-0.25, -0.2) is 0 Å². The van der Waals surface area contributed by atoms with Gasteiger partial charge in [0.05, 0.1) is 0 Å². The zero-order chi connectivity index (χ0) is 10.9. The summed E-state index contributed by atoms with van der Waals surface area (Å²) in [6.07, 6.45) is 6.43. The molecule has 16 heavy (non-hydrogen) atoms. The number of unbranched alkanes of at least 4 members (excludes halogenated alkanes) is 2. The molecule has 0 unspecified atom stereocenters. The highest BCUT2D eigenvalue weighted by molar-refractivity contribution is 14.0. The molecule has 1 rings (SSSR count). The number of nitrogens with one attached hydrogen (secondary N) is 1. The van der Waals surface area contributed by atoms with E-state index in [0.717, 1.165) is 19.0 Å². The second-order valence-electron chi connectivity index (χ2n) is 4.14. The van der Waals surface area contributed by atoms with E-state index < -0.39 is 0 Å². The summed E-state index contributed by atoms with van der Waals surface area (Å²) in [4.78, 5) is 7.05. The van der Waals surface area contributed by atoms with Crippen LogP contribution in [0.2, 0.25) is 0 Å². The maximum absolute atomic E-state index is 4.66. The molecule has 0 aromatic carbocycles. The van der Waals surface area contributed by atoms with Gasteiger partial charge in [0.2, 0.25) is 0 Å². The minimum Gasteiger partial charge on any atom is -0.357 e. The molecule has 1 N–H and O–H groups in total. The zero-order valence-corrected chi connectivity index (χ0v) is 13.0. The Morgan fingerprint density at radius 2 is 1.88 bits per heavy atom. The maximum atomic E-state index is 4.66. The van der Waals surface area contributed by atoms with Crippen LogP contribution >= 0.6 is 24.0 Å². The average Bonchev–Trinajstić information content (AvgIpc) is 2.76. The Morgan fingerprint density at radius 3 is 2.44 bits per heavy atom. The third-order valence-corrected chi connectivity index (χ3v) is 2.76. The van der Waals surface area contributed by atoms with Gasteiger partial charge in [-0.05, 0) is 26.2 Å². The van der Waals surface area contributed by atoms with E-state index in [-0.39, 0.29) is 24.0 Å². The van der Waals surface area contributed by atoms with E-state index in [2.05, 4.69) is 29.1 Å². The molecule has 1 fully saturated rings. The monoisotopic (exact) mass is 339 g/mol. The number of likely N-dealkylation sites (tertiary alicyclic amines) is 1. The van der Waals surface area contributed by atoms with Crippen LogP contribution in [0.15, 0.2) is 4.99 Å². The molecule has 1 heterocycles. The van der Waals surface area contributed by atoms with E-state index in [9.17, 15) is 0 Å². The van der Waals surface area contributed by atoms with Crippen molar-refractivity contribution < 1.29 is 0 Å². The van der Waals surface area contributed by atoms with Gasteiger partial charge in [0.15, 0.2) is 5.96 Å². The molecule has 0 saturated carbocycles. The maximum Gasteiger partial charge on any atom is 0.193 e. The van der Waals surface area contributed by atoms with E-state index in [4.69, 9.17) is 0 Å². The second kappa shape index (κ2) is 10.2. The van der Waals surface area contributed by atoms with Gasteiger partial charge in [0.25, 0.3) is 0 Å². The van der Waals surface area contributed by atoms with Gasteiger partial charge in [-0.15, -0.1) is 24.0 Å². The molecule has 0 atom stereocenters. The van der Waals surface area contributed by atoms with E-state index >= 15 is 0 Å². The number of halogens is 1.